The van der Waals surface area contributed by atoms with Gasteiger partial charge in [0.25, 0.3) is 0 Å². The van der Waals surface area contributed by atoms with Gasteiger partial charge in [-0.05, 0) is 117 Å². The van der Waals surface area contributed by atoms with Crippen molar-refractivity contribution >= 4 is 27.8 Å². The second-order valence-corrected chi connectivity index (χ2v) is 19.2. The van der Waals surface area contributed by atoms with E-state index in [0.717, 1.165) is 44.5 Å². The fourth-order valence-electron chi connectivity index (χ4n) is 10.7. The summed E-state index contributed by atoms with van der Waals surface area (Å²) in [4.78, 5) is 31.4. The van der Waals surface area contributed by atoms with Gasteiger partial charge in [0.2, 0.25) is 11.8 Å². The fourth-order valence-corrected chi connectivity index (χ4v) is 10.7. The molecule has 10 nitrogen and oxygen atoms in total. The predicted molar refractivity (Wildman–Crippen MR) is 281 cm³/mol. The molecule has 0 saturated heterocycles. The number of methoxy groups -OCH3 is 2. The molecule has 0 amide bonds. The molecular weight excluding hydrogens is 871 g/mol. The van der Waals surface area contributed by atoms with Crippen LogP contribution in [0.2, 0.25) is 0 Å². The predicted octanol–water partition coefficient (Wildman–Crippen LogP) is 9.82. The molecule has 0 bridgehead atoms. The van der Waals surface area contributed by atoms with Gasteiger partial charge in [-0.3, -0.25) is 4.79 Å². The van der Waals surface area contributed by atoms with E-state index in [1.54, 1.807) is 20.4 Å². The minimum Gasteiger partial charge on any atom is -0.481 e. The van der Waals surface area contributed by atoms with Crippen LogP contribution in [0.25, 0.3) is 21.5 Å². The van der Waals surface area contributed by atoms with Crippen LogP contribution in [-0.2, 0) is 23.2 Å². The molecule has 6 aromatic carbocycles. The molecule has 2 N–H and O–H groups in total. The largest absolute Gasteiger partial charge is 0.481 e. The Morgan fingerprint density at radius 3 is 1.73 bits per heavy atom. The van der Waals surface area contributed by atoms with Gasteiger partial charge in [-0.25, -0.2) is 9.97 Å². The number of benzene rings is 6. The minimum absolute atomic E-state index is 0.173. The summed E-state index contributed by atoms with van der Waals surface area (Å²) in [5.74, 6) is -0.374. The van der Waals surface area contributed by atoms with Crippen molar-refractivity contribution in [3.8, 4) is 11.8 Å². The van der Waals surface area contributed by atoms with E-state index in [4.69, 9.17) is 19.4 Å². The first-order valence-corrected chi connectivity index (χ1v) is 23.8. The van der Waals surface area contributed by atoms with Crippen LogP contribution >= 0.6 is 0 Å². The van der Waals surface area contributed by atoms with Crippen molar-refractivity contribution in [2.75, 3.05) is 69.6 Å². The van der Waals surface area contributed by atoms with E-state index in [2.05, 4.69) is 21.9 Å². The van der Waals surface area contributed by atoms with Crippen LogP contribution in [0.4, 0.5) is 0 Å². The summed E-state index contributed by atoms with van der Waals surface area (Å²) in [7, 11) is 15.1. The number of carbonyl (C=O) groups is 1. The molecular formula is C60H65N5O5. The normalized spacial score (nSPS) is 14.9. The number of hydrogen-bond donors (Lipinski definition) is 2. The first-order valence-electron chi connectivity index (χ1n) is 23.8. The van der Waals surface area contributed by atoms with Crippen LogP contribution < -0.4 is 9.47 Å². The quantitative estimate of drug-likeness (QED) is 0.0717. The van der Waals surface area contributed by atoms with E-state index in [1.807, 2.05) is 193 Å². The van der Waals surface area contributed by atoms with Crippen molar-refractivity contribution in [2.45, 2.75) is 41.9 Å². The molecule has 4 atom stereocenters. The van der Waals surface area contributed by atoms with Gasteiger partial charge in [0.05, 0.1) is 19.9 Å². The van der Waals surface area contributed by atoms with Crippen molar-refractivity contribution in [3.05, 3.63) is 214 Å². The number of aromatic nitrogens is 2. The Morgan fingerprint density at radius 1 is 0.600 bits per heavy atom. The van der Waals surface area contributed by atoms with E-state index in [9.17, 15) is 15.0 Å². The van der Waals surface area contributed by atoms with Crippen LogP contribution in [0.1, 0.15) is 73.8 Å². The Kier molecular flexibility index (Phi) is 14.9. The molecule has 0 fully saturated rings. The molecule has 0 aliphatic carbocycles. The molecule has 70 heavy (non-hydrogen) atoms. The van der Waals surface area contributed by atoms with Crippen molar-refractivity contribution in [3.63, 3.8) is 0 Å². The van der Waals surface area contributed by atoms with E-state index in [-0.39, 0.29) is 29.4 Å². The van der Waals surface area contributed by atoms with Crippen LogP contribution in [-0.4, -0.2) is 111 Å². The Morgan fingerprint density at radius 2 is 1.14 bits per heavy atom. The number of rotatable bonds is 20. The zero-order valence-corrected chi connectivity index (χ0v) is 41.6. The molecule has 8 rings (SSSR count). The summed E-state index contributed by atoms with van der Waals surface area (Å²) in [6.45, 7) is 1.50. The van der Waals surface area contributed by atoms with Gasteiger partial charge in [0.1, 0.15) is 16.6 Å². The molecule has 360 valence electrons. The molecule has 10 heteroatoms. The average Bonchev–Trinajstić information content (AvgIpc) is 3.38. The lowest BCUT2D eigenvalue weighted by atomic mass is 9.56. The summed E-state index contributed by atoms with van der Waals surface area (Å²) < 4.78 is 12.8. The highest BCUT2D eigenvalue weighted by Gasteiger charge is 2.59. The second-order valence-electron chi connectivity index (χ2n) is 19.2. The SMILES string of the molecule is COc1nc(C(c2ccccc2)(c2cc(CN(C)C)cnc2OC)C(O)(CCN(C)C)c2cccc3ccccc23)c(C=O)cc1C(c1ccccc1)C(O)(CCN(C)C)c1cccc2ccccc12. The average molecular weight is 936 g/mol. The minimum atomic E-state index is -1.89. The summed E-state index contributed by atoms with van der Waals surface area (Å²) in [6, 6.07) is 51.7. The lowest BCUT2D eigenvalue weighted by Crippen LogP contribution is -2.54. The van der Waals surface area contributed by atoms with E-state index in [0.29, 0.717) is 48.3 Å². The summed E-state index contributed by atoms with van der Waals surface area (Å²) in [6.07, 6.45) is 3.10. The number of hydrogen-bond acceptors (Lipinski definition) is 10. The Labute approximate surface area is 412 Å². The van der Waals surface area contributed by atoms with Gasteiger partial charge in [-0.1, -0.05) is 146 Å². The third-order valence-corrected chi connectivity index (χ3v) is 13.8. The summed E-state index contributed by atoms with van der Waals surface area (Å²) in [5, 5.41) is 32.5. The van der Waals surface area contributed by atoms with Crippen molar-refractivity contribution in [2.24, 2.45) is 0 Å². The van der Waals surface area contributed by atoms with Crippen LogP contribution in [0.15, 0.2) is 164 Å². The third kappa shape index (κ3) is 9.21. The Bertz CT molecular complexity index is 3060. The highest BCUT2D eigenvalue weighted by molar-refractivity contribution is 5.89. The van der Waals surface area contributed by atoms with E-state index in [1.165, 1.54) is 0 Å². The lowest BCUT2D eigenvalue weighted by Gasteiger charge is -2.50. The summed E-state index contributed by atoms with van der Waals surface area (Å²) >= 11 is 0. The van der Waals surface area contributed by atoms with Crippen LogP contribution in [0, 0.1) is 0 Å². The van der Waals surface area contributed by atoms with E-state index >= 15 is 0 Å². The molecule has 4 unspecified atom stereocenters. The number of pyridine rings is 2. The summed E-state index contributed by atoms with van der Waals surface area (Å²) in [5.41, 5.74) is -0.0921. The van der Waals surface area contributed by atoms with Crippen LogP contribution in [0.5, 0.6) is 11.8 Å². The van der Waals surface area contributed by atoms with Crippen molar-refractivity contribution in [1.29, 1.82) is 0 Å². The topological polar surface area (TPSA) is 111 Å². The molecule has 2 aromatic heterocycles. The first kappa shape index (κ1) is 49.6. The Balaban J connectivity index is 1.57. The molecule has 0 aliphatic rings. The highest BCUT2D eigenvalue weighted by atomic mass is 16.5. The number of carbonyl (C=O) groups excluding carboxylic acids is 1. The third-order valence-electron chi connectivity index (χ3n) is 13.8. The number of aldehydes is 1. The smallest absolute Gasteiger partial charge is 0.217 e. The monoisotopic (exact) mass is 935 g/mol. The van der Waals surface area contributed by atoms with Gasteiger partial charge < -0.3 is 34.4 Å². The Hall–Kier alpha value is -6.79. The zero-order chi connectivity index (χ0) is 49.6. The highest BCUT2D eigenvalue weighted by Crippen LogP contribution is 2.58. The number of ether oxygens (including phenoxy) is 2. The number of fused-ring (bicyclic) bond motifs is 2. The first-order chi connectivity index (χ1) is 33.8. The van der Waals surface area contributed by atoms with Gasteiger partial charge in [-0.2, -0.15) is 0 Å². The van der Waals surface area contributed by atoms with Gasteiger partial charge in [0, 0.05) is 48.4 Å². The maximum atomic E-state index is 14.9. The molecule has 0 spiro atoms. The fraction of sp³-hybridized carbons (Fsp3) is 0.283. The molecule has 2 heterocycles. The number of nitrogens with zero attached hydrogens (tertiary/aromatic N) is 5. The standard InChI is InChI=1S/C60H65N5O5/c1-63(2)35-33-58(67,51-31-19-25-43-21-15-17-29-48(43)51)54(45-23-11-9-12-24-45)50-38-46(41-66)55(62-56(50)69-7)60(47-27-13-10-14-28-47,53-37-42(40-65(5)6)39-61-57(53)70-8)59(68,34-36-64(3)4)52-32-20-26-44-22-16-18-30-49(44)52/h9-32,37-39,41,54,67-68H,33-36,40H2,1-8H3. The van der Waals surface area contributed by atoms with E-state index < -0.39 is 22.5 Å². The number of aliphatic hydroxyl groups is 2. The molecule has 8 aromatic rings. The second kappa shape index (κ2) is 21.1. The zero-order valence-electron chi connectivity index (χ0n) is 41.6. The van der Waals surface area contributed by atoms with Crippen molar-refractivity contribution < 1.29 is 24.5 Å². The maximum absolute atomic E-state index is 14.9. The van der Waals surface area contributed by atoms with Crippen molar-refractivity contribution in [1.82, 2.24) is 24.7 Å². The van der Waals surface area contributed by atoms with Crippen LogP contribution in [0.3, 0.4) is 0 Å². The molecule has 0 radical (unpaired) electrons. The van der Waals surface area contributed by atoms with Gasteiger partial charge in [-0.15, -0.1) is 0 Å². The van der Waals surface area contributed by atoms with Gasteiger partial charge in [0.15, 0.2) is 6.29 Å². The van der Waals surface area contributed by atoms with Gasteiger partial charge >= 0.3 is 0 Å². The molecule has 0 aliphatic heterocycles. The lowest BCUT2D eigenvalue weighted by molar-refractivity contribution is -0.0278. The maximum Gasteiger partial charge on any atom is 0.217 e. The molecule has 0 saturated carbocycles.